The standard InChI is InChI=1S/C14H16N2O3S/c1-16(11-8-12-6-9-15-10-7-12)20(18,19)14-4-2-13(17)3-5-14/h2-7,9-10,17H,8,11H2,1H3. The molecule has 2 rings (SSSR count). The van der Waals surface area contributed by atoms with Gasteiger partial charge in [-0.1, -0.05) is 0 Å². The van der Waals surface area contributed by atoms with Crippen molar-refractivity contribution in [3.05, 3.63) is 54.4 Å². The van der Waals surface area contributed by atoms with Crippen LogP contribution in [0.2, 0.25) is 0 Å². The van der Waals surface area contributed by atoms with Crippen molar-refractivity contribution in [1.29, 1.82) is 0 Å². The molecule has 1 heterocycles. The van der Waals surface area contributed by atoms with Gasteiger partial charge in [-0.05, 0) is 48.4 Å². The number of aromatic hydroxyl groups is 1. The molecule has 1 aromatic heterocycles. The fraction of sp³-hybridized carbons (Fsp3) is 0.214. The Morgan fingerprint density at radius 3 is 2.30 bits per heavy atom. The molecule has 0 aliphatic carbocycles. The molecule has 0 fully saturated rings. The first-order valence-electron chi connectivity index (χ1n) is 6.14. The molecule has 5 nitrogen and oxygen atoms in total. The van der Waals surface area contributed by atoms with Crippen LogP contribution in [0, 0.1) is 0 Å². The molecule has 2 aromatic rings. The van der Waals surface area contributed by atoms with Crippen LogP contribution in [0.5, 0.6) is 5.75 Å². The van der Waals surface area contributed by atoms with Crippen LogP contribution >= 0.6 is 0 Å². The third kappa shape index (κ3) is 3.34. The molecule has 1 aromatic carbocycles. The molecule has 0 unspecified atom stereocenters. The van der Waals surface area contributed by atoms with Gasteiger partial charge >= 0.3 is 0 Å². The lowest BCUT2D eigenvalue weighted by Crippen LogP contribution is -2.29. The van der Waals surface area contributed by atoms with Crippen LogP contribution in [0.4, 0.5) is 0 Å². The topological polar surface area (TPSA) is 70.5 Å². The summed E-state index contributed by atoms with van der Waals surface area (Å²) in [6.07, 6.45) is 3.99. The Morgan fingerprint density at radius 2 is 1.70 bits per heavy atom. The second kappa shape index (κ2) is 6.02. The van der Waals surface area contributed by atoms with Crippen molar-refractivity contribution in [1.82, 2.24) is 9.29 Å². The number of likely N-dealkylation sites (N-methyl/N-ethyl adjacent to an activating group) is 1. The highest BCUT2D eigenvalue weighted by Crippen LogP contribution is 2.18. The normalized spacial score (nSPS) is 11.7. The lowest BCUT2D eigenvalue weighted by molar-refractivity contribution is 0.469. The predicted octanol–water partition coefficient (Wildman–Crippen LogP) is 1.65. The maximum Gasteiger partial charge on any atom is 0.242 e. The molecule has 0 aliphatic rings. The summed E-state index contributed by atoms with van der Waals surface area (Å²) in [6, 6.07) is 9.25. The summed E-state index contributed by atoms with van der Waals surface area (Å²) in [4.78, 5) is 4.10. The van der Waals surface area contributed by atoms with E-state index in [1.165, 1.54) is 28.6 Å². The predicted molar refractivity (Wildman–Crippen MR) is 75.9 cm³/mol. The van der Waals surface area contributed by atoms with Crippen LogP contribution in [0.25, 0.3) is 0 Å². The lowest BCUT2D eigenvalue weighted by Gasteiger charge is -2.17. The highest BCUT2D eigenvalue weighted by Gasteiger charge is 2.20. The summed E-state index contributed by atoms with van der Waals surface area (Å²) in [5, 5.41) is 9.20. The van der Waals surface area contributed by atoms with Gasteiger partial charge in [0.2, 0.25) is 10.0 Å². The Kier molecular flexibility index (Phi) is 4.36. The number of nitrogens with zero attached hydrogens (tertiary/aromatic N) is 2. The minimum Gasteiger partial charge on any atom is -0.508 e. The molecule has 1 N–H and O–H groups in total. The average Bonchev–Trinajstić information content (AvgIpc) is 2.46. The average molecular weight is 292 g/mol. The first kappa shape index (κ1) is 14.5. The van der Waals surface area contributed by atoms with E-state index in [0.29, 0.717) is 13.0 Å². The second-order valence-electron chi connectivity index (χ2n) is 4.43. The minimum absolute atomic E-state index is 0.0448. The molecule has 0 aliphatic heterocycles. The number of rotatable bonds is 5. The summed E-state index contributed by atoms with van der Waals surface area (Å²) in [5.41, 5.74) is 1.03. The van der Waals surface area contributed by atoms with Gasteiger partial charge in [0, 0.05) is 26.0 Å². The lowest BCUT2D eigenvalue weighted by atomic mass is 10.2. The Bertz CT molecular complexity index is 655. The third-order valence-corrected chi connectivity index (χ3v) is 4.88. The number of benzene rings is 1. The Morgan fingerprint density at radius 1 is 1.10 bits per heavy atom. The van der Waals surface area contributed by atoms with Gasteiger partial charge in [0.25, 0.3) is 0 Å². The summed E-state index contributed by atoms with van der Waals surface area (Å²) >= 11 is 0. The Labute approximate surface area is 118 Å². The zero-order valence-electron chi connectivity index (χ0n) is 11.1. The molecular weight excluding hydrogens is 276 g/mol. The van der Waals surface area contributed by atoms with Gasteiger partial charge in [-0.2, -0.15) is 0 Å². The fourth-order valence-electron chi connectivity index (χ4n) is 1.75. The molecule has 0 radical (unpaired) electrons. The van der Waals surface area contributed by atoms with Crippen LogP contribution in [0.1, 0.15) is 5.56 Å². The number of pyridine rings is 1. The van der Waals surface area contributed by atoms with Crippen molar-refractivity contribution >= 4 is 10.0 Å². The first-order chi connectivity index (χ1) is 9.50. The fourth-order valence-corrected chi connectivity index (χ4v) is 2.93. The van der Waals surface area contributed by atoms with Gasteiger partial charge in [-0.15, -0.1) is 0 Å². The van der Waals surface area contributed by atoms with Crippen LogP contribution in [-0.2, 0) is 16.4 Å². The number of sulfonamides is 1. The van der Waals surface area contributed by atoms with E-state index >= 15 is 0 Å². The number of phenols is 1. The smallest absolute Gasteiger partial charge is 0.242 e. The summed E-state index contributed by atoms with van der Waals surface area (Å²) in [7, 11) is -1.97. The molecule has 0 spiro atoms. The highest BCUT2D eigenvalue weighted by atomic mass is 32.2. The van der Waals surface area contributed by atoms with E-state index in [0.717, 1.165) is 5.56 Å². The van der Waals surface area contributed by atoms with Crippen LogP contribution in [0.3, 0.4) is 0 Å². The van der Waals surface area contributed by atoms with E-state index in [1.54, 1.807) is 19.4 Å². The van der Waals surface area contributed by atoms with Crippen molar-refractivity contribution in [3.8, 4) is 5.75 Å². The van der Waals surface area contributed by atoms with Crippen LogP contribution < -0.4 is 0 Å². The molecule has 0 atom stereocenters. The van der Waals surface area contributed by atoms with Crippen molar-refractivity contribution in [3.63, 3.8) is 0 Å². The Hall–Kier alpha value is -1.92. The van der Waals surface area contributed by atoms with Gasteiger partial charge in [-0.3, -0.25) is 4.98 Å². The molecule has 6 heteroatoms. The van der Waals surface area contributed by atoms with E-state index in [9.17, 15) is 13.5 Å². The molecule has 106 valence electrons. The number of hydrogen-bond donors (Lipinski definition) is 1. The summed E-state index contributed by atoms with van der Waals surface area (Å²) in [6.45, 7) is 0.382. The molecule has 0 saturated carbocycles. The molecular formula is C14H16N2O3S. The Balaban J connectivity index is 2.08. The zero-order chi connectivity index (χ0) is 14.6. The van der Waals surface area contributed by atoms with E-state index in [4.69, 9.17) is 0 Å². The van der Waals surface area contributed by atoms with Gasteiger partial charge < -0.3 is 5.11 Å². The molecule has 20 heavy (non-hydrogen) atoms. The number of hydrogen-bond acceptors (Lipinski definition) is 4. The second-order valence-corrected chi connectivity index (χ2v) is 6.47. The van der Waals surface area contributed by atoms with Crippen LogP contribution in [-0.4, -0.2) is 36.4 Å². The first-order valence-corrected chi connectivity index (χ1v) is 7.58. The summed E-state index contributed by atoms with van der Waals surface area (Å²) in [5.74, 6) is 0.0448. The molecule has 0 amide bonds. The largest absolute Gasteiger partial charge is 0.508 e. The van der Waals surface area contributed by atoms with E-state index in [-0.39, 0.29) is 10.6 Å². The van der Waals surface area contributed by atoms with Crippen molar-refractivity contribution < 1.29 is 13.5 Å². The highest BCUT2D eigenvalue weighted by molar-refractivity contribution is 7.89. The van der Waals surface area contributed by atoms with Crippen molar-refractivity contribution in [2.45, 2.75) is 11.3 Å². The molecule has 0 saturated heterocycles. The van der Waals surface area contributed by atoms with Gasteiger partial charge in [0.15, 0.2) is 0 Å². The van der Waals surface area contributed by atoms with Gasteiger partial charge in [-0.25, -0.2) is 12.7 Å². The maximum atomic E-state index is 12.3. The van der Waals surface area contributed by atoms with Crippen molar-refractivity contribution in [2.75, 3.05) is 13.6 Å². The molecule has 0 bridgehead atoms. The van der Waals surface area contributed by atoms with Gasteiger partial charge in [0.1, 0.15) is 5.75 Å². The monoisotopic (exact) mass is 292 g/mol. The van der Waals surface area contributed by atoms with E-state index < -0.39 is 10.0 Å². The third-order valence-electron chi connectivity index (χ3n) is 3.01. The minimum atomic E-state index is -3.52. The zero-order valence-corrected chi connectivity index (χ0v) is 11.9. The van der Waals surface area contributed by atoms with Crippen LogP contribution in [0.15, 0.2) is 53.7 Å². The van der Waals surface area contributed by atoms with E-state index in [2.05, 4.69) is 4.98 Å². The SMILES string of the molecule is CN(CCc1ccncc1)S(=O)(=O)c1ccc(O)cc1. The van der Waals surface area contributed by atoms with E-state index in [1.807, 2.05) is 12.1 Å². The quantitative estimate of drug-likeness (QED) is 0.909. The number of aromatic nitrogens is 1. The van der Waals surface area contributed by atoms with Gasteiger partial charge in [0.05, 0.1) is 4.90 Å². The number of phenolic OH excluding ortho intramolecular Hbond substituents is 1. The summed E-state index contributed by atoms with van der Waals surface area (Å²) < 4.78 is 25.9. The maximum absolute atomic E-state index is 12.3. The van der Waals surface area contributed by atoms with Crippen molar-refractivity contribution in [2.24, 2.45) is 0 Å².